The van der Waals surface area contributed by atoms with Gasteiger partial charge in [0.15, 0.2) is 11.5 Å². The molecule has 0 unspecified atom stereocenters. The fourth-order valence-electron chi connectivity index (χ4n) is 4.74. The maximum Gasteiger partial charge on any atom is 0.164 e. The van der Waals surface area contributed by atoms with Crippen LogP contribution in [0.4, 0.5) is 0 Å². The van der Waals surface area contributed by atoms with E-state index in [1.807, 2.05) is 25.1 Å². The van der Waals surface area contributed by atoms with Crippen LogP contribution in [-0.2, 0) is 4.74 Å². The summed E-state index contributed by atoms with van der Waals surface area (Å²) in [6.45, 7) is 5.63. The van der Waals surface area contributed by atoms with Crippen molar-refractivity contribution >= 4 is 24.3 Å². The third-order valence-electron chi connectivity index (χ3n) is 7.12. The van der Waals surface area contributed by atoms with Crippen LogP contribution in [0.2, 0.25) is 0 Å². The first kappa shape index (κ1) is 31.8. The molecule has 3 aromatic rings. The summed E-state index contributed by atoms with van der Waals surface area (Å²) in [6.07, 6.45) is 15.5. The molecule has 3 rings (SSSR count). The summed E-state index contributed by atoms with van der Waals surface area (Å²) >= 11 is 0. The average molecular weight is 559 g/mol. The monoisotopic (exact) mass is 558 g/mol. The Morgan fingerprint density at radius 1 is 0.512 bits per heavy atom. The van der Waals surface area contributed by atoms with Crippen molar-refractivity contribution in [1.29, 1.82) is 0 Å². The molecule has 0 aliphatic carbocycles. The second kappa shape index (κ2) is 17.2. The van der Waals surface area contributed by atoms with E-state index >= 15 is 0 Å². The molecule has 41 heavy (non-hydrogen) atoms. The molecule has 0 saturated carbocycles. The fraction of sp³-hybridized carbons (Fsp3) is 0.389. The zero-order chi connectivity index (χ0) is 29.5. The van der Waals surface area contributed by atoms with E-state index in [9.17, 15) is 0 Å². The fourth-order valence-corrected chi connectivity index (χ4v) is 4.74. The quantitative estimate of drug-likeness (QED) is 0.122. The minimum absolute atomic E-state index is 0.705. The van der Waals surface area contributed by atoms with Gasteiger partial charge in [0.2, 0.25) is 0 Å². The number of hydrogen-bond acceptors (Lipinski definition) is 5. The lowest BCUT2D eigenvalue weighted by Gasteiger charge is -2.14. The topological polar surface area (TPSA) is 46.2 Å². The molecule has 0 bridgehead atoms. The molecular formula is C36H46O5. The van der Waals surface area contributed by atoms with Crippen LogP contribution in [0.15, 0.2) is 48.5 Å². The predicted molar refractivity (Wildman–Crippen MR) is 171 cm³/mol. The third kappa shape index (κ3) is 10.0. The van der Waals surface area contributed by atoms with Crippen LogP contribution < -0.4 is 18.9 Å². The molecule has 0 aliphatic rings. The highest BCUT2D eigenvalue weighted by Crippen LogP contribution is 2.33. The molecular weight excluding hydrogens is 512 g/mol. The second-order valence-electron chi connectivity index (χ2n) is 10.2. The Labute approximate surface area is 246 Å². The van der Waals surface area contributed by atoms with Crippen molar-refractivity contribution in [3.8, 4) is 23.0 Å². The van der Waals surface area contributed by atoms with Gasteiger partial charge < -0.3 is 23.7 Å². The van der Waals surface area contributed by atoms with Gasteiger partial charge in [-0.1, -0.05) is 74.3 Å². The lowest BCUT2D eigenvalue weighted by Crippen LogP contribution is -2.01. The molecule has 5 nitrogen and oxygen atoms in total. The van der Waals surface area contributed by atoms with E-state index in [2.05, 4.69) is 61.6 Å². The van der Waals surface area contributed by atoms with Gasteiger partial charge in [0.1, 0.15) is 11.5 Å². The van der Waals surface area contributed by atoms with Crippen molar-refractivity contribution in [3.05, 3.63) is 81.9 Å². The van der Waals surface area contributed by atoms with Crippen molar-refractivity contribution in [2.45, 2.75) is 52.4 Å². The number of ether oxygens (including phenoxy) is 5. The van der Waals surface area contributed by atoms with E-state index < -0.39 is 0 Å². The van der Waals surface area contributed by atoms with Crippen LogP contribution in [0.5, 0.6) is 23.0 Å². The van der Waals surface area contributed by atoms with E-state index in [1.54, 1.807) is 28.4 Å². The Bertz CT molecular complexity index is 1250. The molecule has 220 valence electrons. The number of hydrogen-bond donors (Lipinski definition) is 0. The van der Waals surface area contributed by atoms with Crippen molar-refractivity contribution in [1.82, 2.24) is 0 Å². The highest BCUT2D eigenvalue weighted by Gasteiger charge is 2.10. The summed E-state index contributed by atoms with van der Waals surface area (Å²) in [5.41, 5.74) is 6.42. The minimum atomic E-state index is 0.705. The smallest absolute Gasteiger partial charge is 0.164 e. The van der Waals surface area contributed by atoms with E-state index in [0.717, 1.165) is 75.8 Å². The summed E-state index contributed by atoms with van der Waals surface area (Å²) in [6, 6.07) is 16.7. The minimum Gasteiger partial charge on any atom is -0.496 e. The van der Waals surface area contributed by atoms with E-state index in [-0.39, 0.29) is 0 Å². The molecule has 0 fully saturated rings. The summed E-state index contributed by atoms with van der Waals surface area (Å²) in [7, 11) is 6.82. The summed E-state index contributed by atoms with van der Waals surface area (Å²) in [5.74, 6) is 3.24. The zero-order valence-electron chi connectivity index (χ0n) is 25.6. The zero-order valence-corrected chi connectivity index (χ0v) is 25.6. The first-order valence-corrected chi connectivity index (χ1v) is 14.5. The number of unbranched alkanes of at least 4 members (excludes halogenated alkanes) is 5. The largest absolute Gasteiger partial charge is 0.496 e. The number of benzene rings is 3. The average Bonchev–Trinajstić information content (AvgIpc) is 2.99. The Kier molecular flexibility index (Phi) is 13.3. The highest BCUT2D eigenvalue weighted by atomic mass is 16.5. The van der Waals surface area contributed by atoms with Gasteiger partial charge in [-0.15, -0.1) is 0 Å². The highest BCUT2D eigenvalue weighted by molar-refractivity contribution is 5.75. The second-order valence-corrected chi connectivity index (χ2v) is 10.2. The van der Waals surface area contributed by atoms with Crippen LogP contribution in [0.3, 0.4) is 0 Å². The van der Waals surface area contributed by atoms with Gasteiger partial charge in [-0.05, 0) is 78.8 Å². The molecule has 0 atom stereocenters. The summed E-state index contributed by atoms with van der Waals surface area (Å²) in [4.78, 5) is 0. The first-order chi connectivity index (χ1) is 20.0. The van der Waals surface area contributed by atoms with E-state index in [0.29, 0.717) is 6.61 Å². The molecule has 0 heterocycles. The molecule has 0 aromatic heterocycles. The van der Waals surface area contributed by atoms with Crippen molar-refractivity contribution in [2.75, 3.05) is 41.7 Å². The lowest BCUT2D eigenvalue weighted by atomic mass is 10.1. The molecule has 0 aliphatic heterocycles. The van der Waals surface area contributed by atoms with Gasteiger partial charge in [-0.25, -0.2) is 0 Å². The van der Waals surface area contributed by atoms with Gasteiger partial charge in [-0.2, -0.15) is 0 Å². The molecule has 0 spiro atoms. The Morgan fingerprint density at radius 2 is 0.951 bits per heavy atom. The van der Waals surface area contributed by atoms with Crippen LogP contribution in [-0.4, -0.2) is 41.7 Å². The molecule has 0 amide bonds. The lowest BCUT2D eigenvalue weighted by molar-refractivity contribution is 0.191. The van der Waals surface area contributed by atoms with Crippen LogP contribution >= 0.6 is 0 Å². The third-order valence-corrected chi connectivity index (χ3v) is 7.12. The first-order valence-electron chi connectivity index (χ1n) is 14.5. The normalized spacial score (nSPS) is 11.4. The molecule has 0 N–H and O–H groups in total. The SMILES string of the molecule is COCCCCCCCCOc1c(C)cc(/C=C/c2ccc(/C=C/c3cc(OC)c(C)c(OC)c3)cc2)cc1OC. The Morgan fingerprint density at radius 3 is 1.46 bits per heavy atom. The molecule has 0 saturated heterocycles. The number of rotatable bonds is 17. The Hall–Kier alpha value is -3.70. The van der Waals surface area contributed by atoms with Gasteiger partial charge in [0.25, 0.3) is 0 Å². The number of aryl methyl sites for hydroxylation is 1. The predicted octanol–water partition coefficient (Wildman–Crippen LogP) is 9.04. The van der Waals surface area contributed by atoms with Crippen LogP contribution in [0.25, 0.3) is 24.3 Å². The van der Waals surface area contributed by atoms with E-state index in [4.69, 9.17) is 23.7 Å². The van der Waals surface area contributed by atoms with Crippen molar-refractivity contribution in [3.63, 3.8) is 0 Å². The van der Waals surface area contributed by atoms with Gasteiger partial charge in [0, 0.05) is 19.3 Å². The summed E-state index contributed by atoms with van der Waals surface area (Å²) in [5, 5.41) is 0. The van der Waals surface area contributed by atoms with Gasteiger partial charge >= 0.3 is 0 Å². The maximum absolute atomic E-state index is 6.13. The summed E-state index contributed by atoms with van der Waals surface area (Å²) < 4.78 is 27.9. The molecule has 3 aromatic carbocycles. The standard InChI is InChI=1S/C36H46O5/c1-27-23-31(26-35(40-6)36(27)41-22-12-10-8-7-9-11-21-37-3)19-17-29-13-15-30(16-14-29)18-20-32-24-33(38-4)28(2)34(25-32)39-5/h13-20,23-26H,7-12,21-22H2,1-6H3/b19-17+,20-18+. The molecule has 0 radical (unpaired) electrons. The van der Waals surface area contributed by atoms with E-state index in [1.165, 1.54) is 25.7 Å². The van der Waals surface area contributed by atoms with Crippen molar-refractivity contribution in [2.24, 2.45) is 0 Å². The Balaban J connectivity index is 1.56. The van der Waals surface area contributed by atoms with Crippen LogP contribution in [0, 0.1) is 13.8 Å². The number of methoxy groups -OCH3 is 4. The van der Waals surface area contributed by atoms with Gasteiger partial charge in [-0.3, -0.25) is 0 Å². The van der Waals surface area contributed by atoms with Gasteiger partial charge in [0.05, 0.1) is 27.9 Å². The van der Waals surface area contributed by atoms with Crippen LogP contribution in [0.1, 0.15) is 71.9 Å². The maximum atomic E-state index is 6.13. The van der Waals surface area contributed by atoms with Crippen molar-refractivity contribution < 1.29 is 23.7 Å². The molecule has 5 heteroatoms.